The molecule has 0 aromatic heterocycles. The van der Waals surface area contributed by atoms with Crippen LogP contribution in [0.25, 0.3) is 0 Å². The summed E-state index contributed by atoms with van der Waals surface area (Å²) in [5.74, 6) is 0.536. The molecule has 80 valence electrons. The van der Waals surface area contributed by atoms with E-state index in [1.54, 1.807) is 0 Å². The molecule has 13 heavy (non-hydrogen) atoms. The molecule has 4 heteroatoms. The Morgan fingerprint density at radius 3 is 2.31 bits per heavy atom. The molecule has 0 saturated carbocycles. The third-order valence-corrected chi connectivity index (χ3v) is 3.73. The van der Waals surface area contributed by atoms with Crippen molar-refractivity contribution in [3.8, 4) is 0 Å². The van der Waals surface area contributed by atoms with E-state index in [0.717, 1.165) is 0 Å². The van der Waals surface area contributed by atoms with Gasteiger partial charge in [-0.15, -0.1) is 0 Å². The first-order valence-corrected chi connectivity index (χ1v) is 5.93. The first-order valence-electron chi connectivity index (χ1n) is 4.62. The topological polar surface area (TPSA) is 52.3 Å². The maximum Gasteiger partial charge on any atom is 0.0812 e. The van der Waals surface area contributed by atoms with Gasteiger partial charge < -0.3 is 10.5 Å². The lowest BCUT2D eigenvalue weighted by atomic mass is 10.3. The second-order valence-corrected chi connectivity index (χ2v) is 6.19. The van der Waals surface area contributed by atoms with Gasteiger partial charge in [0.2, 0.25) is 0 Å². The SMILES string of the molecule is CCOC(CN)CS(=O)C(C)(C)C. The Morgan fingerprint density at radius 1 is 1.46 bits per heavy atom. The Bertz CT molecular complexity index is 165. The summed E-state index contributed by atoms with van der Waals surface area (Å²) in [7, 11) is -0.874. The van der Waals surface area contributed by atoms with Crippen LogP contribution in [0.1, 0.15) is 27.7 Å². The Labute approximate surface area is 83.5 Å². The van der Waals surface area contributed by atoms with Crippen molar-refractivity contribution in [3.05, 3.63) is 0 Å². The fourth-order valence-corrected chi connectivity index (χ4v) is 1.91. The molecule has 0 bridgehead atoms. The molecular formula is C9H21NO2S. The van der Waals surface area contributed by atoms with E-state index in [1.165, 1.54) is 0 Å². The van der Waals surface area contributed by atoms with E-state index in [1.807, 2.05) is 27.7 Å². The van der Waals surface area contributed by atoms with Crippen LogP contribution in [0.5, 0.6) is 0 Å². The Balaban J connectivity index is 4.01. The first kappa shape index (κ1) is 13.1. The molecule has 0 aliphatic rings. The molecular weight excluding hydrogens is 186 g/mol. The lowest BCUT2D eigenvalue weighted by molar-refractivity contribution is 0.0850. The highest BCUT2D eigenvalue weighted by Gasteiger charge is 2.22. The minimum Gasteiger partial charge on any atom is -0.376 e. The molecule has 0 heterocycles. The van der Waals surface area contributed by atoms with Crippen LogP contribution in [0.3, 0.4) is 0 Å². The van der Waals surface area contributed by atoms with Crippen molar-refractivity contribution in [2.45, 2.75) is 38.5 Å². The Hall–Kier alpha value is 0.0700. The van der Waals surface area contributed by atoms with E-state index in [2.05, 4.69) is 0 Å². The number of hydrogen-bond donors (Lipinski definition) is 1. The third kappa shape index (κ3) is 5.39. The van der Waals surface area contributed by atoms with Gasteiger partial charge in [-0.1, -0.05) is 0 Å². The van der Waals surface area contributed by atoms with Gasteiger partial charge in [-0.3, -0.25) is 4.21 Å². The zero-order valence-corrected chi connectivity index (χ0v) is 9.82. The van der Waals surface area contributed by atoms with Gasteiger partial charge in [0.1, 0.15) is 0 Å². The molecule has 0 fully saturated rings. The maximum atomic E-state index is 11.7. The van der Waals surface area contributed by atoms with Gasteiger partial charge >= 0.3 is 0 Å². The van der Waals surface area contributed by atoms with Crippen LogP contribution >= 0.6 is 0 Å². The lowest BCUT2D eigenvalue weighted by Crippen LogP contribution is -2.35. The van der Waals surface area contributed by atoms with Crippen molar-refractivity contribution in [2.75, 3.05) is 18.9 Å². The van der Waals surface area contributed by atoms with Gasteiger partial charge in [-0.25, -0.2) is 0 Å². The third-order valence-electron chi connectivity index (χ3n) is 1.69. The number of rotatable bonds is 5. The van der Waals surface area contributed by atoms with Crippen LogP contribution in [0.2, 0.25) is 0 Å². The molecule has 3 nitrogen and oxygen atoms in total. The van der Waals surface area contributed by atoms with Crippen LogP contribution in [0.15, 0.2) is 0 Å². The molecule has 2 atom stereocenters. The smallest absolute Gasteiger partial charge is 0.0812 e. The molecule has 0 spiro atoms. The number of ether oxygens (including phenoxy) is 1. The second-order valence-electron chi connectivity index (χ2n) is 3.94. The molecule has 0 aliphatic carbocycles. The fraction of sp³-hybridized carbons (Fsp3) is 1.00. The van der Waals surface area contributed by atoms with Crippen LogP contribution in [0, 0.1) is 0 Å². The van der Waals surface area contributed by atoms with Crippen molar-refractivity contribution >= 4 is 10.8 Å². The summed E-state index contributed by atoms with van der Waals surface area (Å²) in [5, 5.41) is 0. The highest BCUT2D eigenvalue weighted by Crippen LogP contribution is 2.12. The molecule has 2 N–H and O–H groups in total. The molecule has 0 saturated heterocycles. The number of nitrogens with two attached hydrogens (primary N) is 1. The summed E-state index contributed by atoms with van der Waals surface area (Å²) >= 11 is 0. The van der Waals surface area contributed by atoms with E-state index in [4.69, 9.17) is 10.5 Å². The van der Waals surface area contributed by atoms with Crippen molar-refractivity contribution < 1.29 is 8.95 Å². The predicted molar refractivity (Wildman–Crippen MR) is 57.2 cm³/mol. The minimum absolute atomic E-state index is 0.0648. The summed E-state index contributed by atoms with van der Waals surface area (Å²) in [6.07, 6.45) is -0.0648. The monoisotopic (exact) mass is 207 g/mol. The van der Waals surface area contributed by atoms with Gasteiger partial charge in [0, 0.05) is 28.7 Å². The number of hydrogen-bond acceptors (Lipinski definition) is 3. The lowest BCUT2D eigenvalue weighted by Gasteiger charge is -2.21. The van der Waals surface area contributed by atoms with E-state index in [0.29, 0.717) is 18.9 Å². The van der Waals surface area contributed by atoms with Gasteiger partial charge in [-0.2, -0.15) is 0 Å². The van der Waals surface area contributed by atoms with Crippen LogP contribution in [0.4, 0.5) is 0 Å². The van der Waals surface area contributed by atoms with Gasteiger partial charge in [0.15, 0.2) is 0 Å². The van der Waals surface area contributed by atoms with Crippen molar-refractivity contribution in [1.29, 1.82) is 0 Å². The van der Waals surface area contributed by atoms with E-state index in [-0.39, 0.29) is 10.9 Å². The van der Waals surface area contributed by atoms with E-state index >= 15 is 0 Å². The molecule has 0 aromatic rings. The average molecular weight is 207 g/mol. The van der Waals surface area contributed by atoms with Gasteiger partial charge in [-0.05, 0) is 27.7 Å². The molecule has 2 unspecified atom stereocenters. The minimum atomic E-state index is -0.874. The zero-order chi connectivity index (χ0) is 10.5. The van der Waals surface area contributed by atoms with Gasteiger partial charge in [0.05, 0.1) is 11.9 Å². The molecule has 0 amide bonds. The van der Waals surface area contributed by atoms with Crippen LogP contribution in [-0.4, -0.2) is 34.0 Å². The highest BCUT2D eigenvalue weighted by molar-refractivity contribution is 7.86. The van der Waals surface area contributed by atoms with Crippen molar-refractivity contribution in [1.82, 2.24) is 0 Å². The Kier molecular flexibility index (Phi) is 5.76. The predicted octanol–water partition coefficient (Wildman–Crippen LogP) is 0.897. The van der Waals surface area contributed by atoms with Crippen LogP contribution < -0.4 is 5.73 Å². The summed E-state index contributed by atoms with van der Waals surface area (Å²) in [6.45, 7) is 8.87. The molecule has 0 aromatic carbocycles. The van der Waals surface area contributed by atoms with Crippen molar-refractivity contribution in [3.63, 3.8) is 0 Å². The highest BCUT2D eigenvalue weighted by atomic mass is 32.2. The first-order chi connectivity index (χ1) is 5.91. The fourth-order valence-electron chi connectivity index (χ4n) is 0.839. The average Bonchev–Trinajstić information content (AvgIpc) is 2.01. The van der Waals surface area contributed by atoms with Crippen molar-refractivity contribution in [2.24, 2.45) is 5.73 Å². The van der Waals surface area contributed by atoms with Gasteiger partial charge in [0.25, 0.3) is 0 Å². The summed E-state index contributed by atoms with van der Waals surface area (Å²) in [4.78, 5) is 0. The molecule has 0 rings (SSSR count). The summed E-state index contributed by atoms with van der Waals surface area (Å²) < 4.78 is 16.8. The normalized spacial score (nSPS) is 17.0. The summed E-state index contributed by atoms with van der Waals surface area (Å²) in [5.41, 5.74) is 5.49. The van der Waals surface area contributed by atoms with E-state index < -0.39 is 10.8 Å². The summed E-state index contributed by atoms with van der Waals surface area (Å²) in [6, 6.07) is 0. The zero-order valence-electron chi connectivity index (χ0n) is 9.00. The standard InChI is InChI=1S/C9H21NO2S/c1-5-12-8(6-10)7-13(11)9(2,3)4/h8H,5-7,10H2,1-4H3. The quantitative estimate of drug-likeness (QED) is 0.728. The Morgan fingerprint density at radius 2 is 2.00 bits per heavy atom. The van der Waals surface area contributed by atoms with Crippen LogP contribution in [-0.2, 0) is 15.5 Å². The maximum absolute atomic E-state index is 11.7. The molecule has 0 aliphatic heterocycles. The molecule has 0 radical (unpaired) electrons. The largest absolute Gasteiger partial charge is 0.376 e. The second kappa shape index (κ2) is 5.73. The van der Waals surface area contributed by atoms with E-state index in [9.17, 15) is 4.21 Å².